The average molecular weight is 337 g/mol. The van der Waals surface area contributed by atoms with E-state index in [1.807, 2.05) is 29.2 Å². The molecule has 1 amide bonds. The topological polar surface area (TPSA) is 43.8 Å². The van der Waals surface area contributed by atoms with Crippen molar-refractivity contribution >= 4 is 17.5 Å². The lowest BCUT2D eigenvalue weighted by molar-refractivity contribution is -0.133. The molecule has 2 unspecified atom stereocenters. The van der Waals surface area contributed by atoms with Gasteiger partial charge in [0.05, 0.1) is 12.5 Å². The quantitative estimate of drug-likeness (QED) is 0.921. The molecular weight excluding hydrogens is 312 g/mol. The van der Waals surface area contributed by atoms with Gasteiger partial charge in [-0.3, -0.25) is 9.69 Å². The smallest absolute Gasteiger partial charge is 0.227 e. The number of carbonyl (C=O) groups excluding carboxylic acids is 1. The highest BCUT2D eigenvalue weighted by Gasteiger charge is 2.31. The predicted molar refractivity (Wildman–Crippen MR) is 91.6 cm³/mol. The van der Waals surface area contributed by atoms with Gasteiger partial charge in [-0.05, 0) is 30.5 Å². The Labute approximate surface area is 143 Å². The van der Waals surface area contributed by atoms with E-state index >= 15 is 0 Å². The summed E-state index contributed by atoms with van der Waals surface area (Å²) < 4.78 is 0. The van der Waals surface area contributed by atoms with Crippen LogP contribution in [0.4, 0.5) is 0 Å². The van der Waals surface area contributed by atoms with Gasteiger partial charge in [0.25, 0.3) is 0 Å². The van der Waals surface area contributed by atoms with Gasteiger partial charge in [0.1, 0.15) is 0 Å². The number of hydrogen-bond donors (Lipinski definition) is 1. The van der Waals surface area contributed by atoms with Crippen molar-refractivity contribution in [1.82, 2.24) is 9.80 Å². The first-order valence-corrected chi connectivity index (χ1v) is 8.95. The Balaban J connectivity index is 1.51. The fraction of sp³-hybridized carbons (Fsp3) is 0.611. The number of nitrogens with zero attached hydrogens (tertiary/aromatic N) is 2. The fourth-order valence-electron chi connectivity index (χ4n) is 3.75. The van der Waals surface area contributed by atoms with Crippen LogP contribution in [0.5, 0.6) is 0 Å². The van der Waals surface area contributed by atoms with Crippen LogP contribution in [0.25, 0.3) is 0 Å². The third kappa shape index (κ3) is 4.25. The second kappa shape index (κ2) is 7.65. The second-order valence-electron chi connectivity index (χ2n) is 6.64. The lowest BCUT2D eigenvalue weighted by Gasteiger charge is -2.42. The molecule has 0 spiro atoms. The van der Waals surface area contributed by atoms with Crippen LogP contribution in [0.3, 0.4) is 0 Å². The number of carbonyl (C=O) groups is 1. The summed E-state index contributed by atoms with van der Waals surface area (Å²) in [6, 6.07) is 7.79. The minimum Gasteiger partial charge on any atom is -0.391 e. The highest BCUT2D eigenvalue weighted by molar-refractivity contribution is 6.30. The van der Waals surface area contributed by atoms with Gasteiger partial charge < -0.3 is 10.0 Å². The molecule has 1 heterocycles. The summed E-state index contributed by atoms with van der Waals surface area (Å²) in [5, 5.41) is 10.9. The minimum absolute atomic E-state index is 0.163. The summed E-state index contributed by atoms with van der Waals surface area (Å²) >= 11 is 5.98. The van der Waals surface area contributed by atoms with Crippen LogP contribution in [-0.2, 0) is 11.2 Å². The lowest BCUT2D eigenvalue weighted by atomic mass is 9.91. The number of piperazine rings is 1. The fourth-order valence-corrected chi connectivity index (χ4v) is 3.97. The van der Waals surface area contributed by atoms with Crippen molar-refractivity contribution < 1.29 is 9.90 Å². The molecule has 1 saturated carbocycles. The Morgan fingerprint density at radius 1 is 1.17 bits per heavy atom. The monoisotopic (exact) mass is 336 g/mol. The molecule has 5 heteroatoms. The summed E-state index contributed by atoms with van der Waals surface area (Å²) in [6.45, 7) is 3.23. The van der Waals surface area contributed by atoms with Crippen LogP contribution in [0.15, 0.2) is 24.3 Å². The summed E-state index contributed by atoms with van der Waals surface area (Å²) in [5.41, 5.74) is 0.965. The normalized spacial score (nSPS) is 26.3. The van der Waals surface area contributed by atoms with Crippen molar-refractivity contribution in [2.24, 2.45) is 0 Å². The molecular formula is C18H25ClN2O2. The maximum atomic E-state index is 12.4. The zero-order chi connectivity index (χ0) is 16.2. The van der Waals surface area contributed by atoms with E-state index < -0.39 is 0 Å². The largest absolute Gasteiger partial charge is 0.391 e. The van der Waals surface area contributed by atoms with Crippen LogP contribution in [-0.4, -0.2) is 59.1 Å². The third-order valence-electron chi connectivity index (χ3n) is 5.07. The Hall–Kier alpha value is -1.10. The Bertz CT molecular complexity index is 544. The molecule has 23 heavy (non-hydrogen) atoms. The summed E-state index contributed by atoms with van der Waals surface area (Å²) in [7, 11) is 0. The van der Waals surface area contributed by atoms with E-state index in [0.717, 1.165) is 51.0 Å². The van der Waals surface area contributed by atoms with Crippen molar-refractivity contribution in [2.75, 3.05) is 26.2 Å². The van der Waals surface area contributed by atoms with Gasteiger partial charge in [0.15, 0.2) is 0 Å². The van der Waals surface area contributed by atoms with Crippen LogP contribution < -0.4 is 0 Å². The van der Waals surface area contributed by atoms with E-state index in [1.54, 1.807) is 0 Å². The van der Waals surface area contributed by atoms with Crippen molar-refractivity contribution in [3.63, 3.8) is 0 Å². The third-order valence-corrected chi connectivity index (χ3v) is 5.31. The maximum absolute atomic E-state index is 12.4. The molecule has 2 fully saturated rings. The van der Waals surface area contributed by atoms with E-state index in [-0.39, 0.29) is 18.1 Å². The number of benzene rings is 1. The molecule has 2 aliphatic rings. The molecule has 4 nitrogen and oxygen atoms in total. The number of amides is 1. The highest BCUT2D eigenvalue weighted by Crippen LogP contribution is 2.24. The van der Waals surface area contributed by atoms with Gasteiger partial charge in [-0.15, -0.1) is 0 Å². The Kier molecular flexibility index (Phi) is 5.57. The van der Waals surface area contributed by atoms with Crippen molar-refractivity contribution in [1.29, 1.82) is 0 Å². The van der Waals surface area contributed by atoms with E-state index in [0.29, 0.717) is 11.4 Å². The van der Waals surface area contributed by atoms with Gasteiger partial charge in [0, 0.05) is 37.2 Å². The summed E-state index contributed by atoms with van der Waals surface area (Å²) in [4.78, 5) is 16.7. The Morgan fingerprint density at radius 2 is 1.91 bits per heavy atom. The molecule has 1 aliphatic carbocycles. The first-order chi connectivity index (χ1) is 11.1. The number of halogens is 1. The SMILES string of the molecule is O=C(Cc1cccc(Cl)c1)N1CCN(C2CCCCC2O)CC1. The number of hydrogen-bond acceptors (Lipinski definition) is 3. The van der Waals surface area contributed by atoms with Crippen molar-refractivity contribution in [3.8, 4) is 0 Å². The molecule has 1 N–H and O–H groups in total. The minimum atomic E-state index is -0.197. The number of rotatable bonds is 3. The maximum Gasteiger partial charge on any atom is 0.227 e. The number of aliphatic hydroxyl groups is 1. The van der Waals surface area contributed by atoms with Crippen LogP contribution >= 0.6 is 11.6 Å². The standard InChI is InChI=1S/C18H25ClN2O2/c19-15-5-3-4-14(12-15)13-18(23)21-10-8-20(9-11-21)16-6-1-2-7-17(16)22/h3-5,12,16-17,22H,1-2,6-11,13H2. The van der Waals surface area contributed by atoms with E-state index in [1.165, 1.54) is 6.42 Å². The number of aliphatic hydroxyl groups excluding tert-OH is 1. The molecule has 0 aromatic heterocycles. The predicted octanol–water partition coefficient (Wildman–Crippen LogP) is 2.33. The van der Waals surface area contributed by atoms with Crippen LogP contribution in [0.2, 0.25) is 5.02 Å². The second-order valence-corrected chi connectivity index (χ2v) is 7.08. The van der Waals surface area contributed by atoms with Gasteiger partial charge in [0.2, 0.25) is 5.91 Å². The molecule has 0 radical (unpaired) electrons. The van der Waals surface area contributed by atoms with Crippen molar-refractivity contribution in [3.05, 3.63) is 34.9 Å². The first kappa shape index (κ1) is 16.7. The summed E-state index contributed by atoms with van der Waals surface area (Å²) in [6.07, 6.45) is 4.55. The molecule has 1 aliphatic heterocycles. The molecule has 1 saturated heterocycles. The molecule has 1 aromatic carbocycles. The van der Waals surface area contributed by atoms with E-state index in [4.69, 9.17) is 11.6 Å². The molecule has 1 aromatic rings. The molecule has 0 bridgehead atoms. The van der Waals surface area contributed by atoms with Gasteiger partial charge in [-0.25, -0.2) is 0 Å². The first-order valence-electron chi connectivity index (χ1n) is 8.58. The van der Waals surface area contributed by atoms with Gasteiger partial charge in [-0.2, -0.15) is 0 Å². The van der Waals surface area contributed by atoms with Crippen LogP contribution in [0.1, 0.15) is 31.2 Å². The van der Waals surface area contributed by atoms with Gasteiger partial charge in [-0.1, -0.05) is 36.6 Å². The van der Waals surface area contributed by atoms with E-state index in [9.17, 15) is 9.90 Å². The highest BCUT2D eigenvalue weighted by atomic mass is 35.5. The zero-order valence-electron chi connectivity index (χ0n) is 13.5. The Morgan fingerprint density at radius 3 is 2.61 bits per heavy atom. The summed E-state index contributed by atoms with van der Waals surface area (Å²) in [5.74, 6) is 0.163. The lowest BCUT2D eigenvalue weighted by Crippen LogP contribution is -2.55. The molecule has 126 valence electrons. The van der Waals surface area contributed by atoms with Crippen molar-refractivity contribution in [2.45, 2.75) is 44.2 Å². The van der Waals surface area contributed by atoms with Crippen LogP contribution in [0, 0.1) is 0 Å². The van der Waals surface area contributed by atoms with E-state index in [2.05, 4.69) is 4.90 Å². The zero-order valence-corrected chi connectivity index (χ0v) is 14.2. The van der Waals surface area contributed by atoms with Gasteiger partial charge >= 0.3 is 0 Å². The molecule has 3 rings (SSSR count). The molecule has 2 atom stereocenters. The average Bonchev–Trinajstić information content (AvgIpc) is 2.55.